The van der Waals surface area contributed by atoms with Crippen LogP contribution in [0.5, 0.6) is 0 Å². The second-order valence-corrected chi connectivity index (χ2v) is 7.19. The molecule has 144 valence electrons. The van der Waals surface area contributed by atoms with Crippen LogP contribution in [0.2, 0.25) is 0 Å². The molecule has 0 saturated heterocycles. The van der Waals surface area contributed by atoms with E-state index in [1.165, 1.54) is 0 Å². The molecule has 1 heterocycles. The molecule has 0 amide bonds. The van der Waals surface area contributed by atoms with E-state index in [-0.39, 0.29) is 0 Å². The molecule has 0 aliphatic rings. The van der Waals surface area contributed by atoms with Gasteiger partial charge in [0.05, 0.1) is 11.2 Å². The molecule has 30 heavy (non-hydrogen) atoms. The Morgan fingerprint density at radius 2 is 1.07 bits per heavy atom. The van der Waals surface area contributed by atoms with Crippen LogP contribution in [-0.4, -0.2) is 9.97 Å². The lowest BCUT2D eigenvalue weighted by atomic mass is 10.1. The molecule has 1 aromatic heterocycles. The molecule has 0 atom stereocenters. The zero-order chi connectivity index (χ0) is 20.3. The SMILES string of the molecule is Cc1nc(-c2ccc(N(c3ccccc3)c3ccccc3)cc2)c2ccccc2n1. The second-order valence-electron chi connectivity index (χ2n) is 7.19. The van der Waals surface area contributed by atoms with E-state index >= 15 is 0 Å². The summed E-state index contributed by atoms with van der Waals surface area (Å²) in [7, 11) is 0. The van der Waals surface area contributed by atoms with E-state index in [1.807, 2.05) is 37.3 Å². The van der Waals surface area contributed by atoms with E-state index in [1.54, 1.807) is 0 Å². The fourth-order valence-electron chi connectivity index (χ4n) is 3.78. The summed E-state index contributed by atoms with van der Waals surface area (Å²) in [6.45, 7) is 1.94. The number of fused-ring (bicyclic) bond motifs is 1. The molecule has 0 bridgehead atoms. The Bertz CT molecular complexity index is 1240. The normalized spacial score (nSPS) is 10.8. The predicted molar refractivity (Wildman–Crippen MR) is 124 cm³/mol. The number of hydrogen-bond acceptors (Lipinski definition) is 3. The summed E-state index contributed by atoms with van der Waals surface area (Å²) < 4.78 is 0. The number of rotatable bonds is 4. The van der Waals surface area contributed by atoms with Crippen LogP contribution in [0.3, 0.4) is 0 Å². The largest absolute Gasteiger partial charge is 0.311 e. The first-order valence-electron chi connectivity index (χ1n) is 10.0. The first-order valence-corrected chi connectivity index (χ1v) is 10.0. The van der Waals surface area contributed by atoms with Crippen LogP contribution in [0.15, 0.2) is 109 Å². The fourth-order valence-corrected chi connectivity index (χ4v) is 3.78. The van der Waals surface area contributed by atoms with Crippen LogP contribution in [0.1, 0.15) is 5.82 Å². The molecule has 0 N–H and O–H groups in total. The Balaban J connectivity index is 1.60. The standard InChI is InChI=1S/C27H21N3/c1-20-28-26-15-9-8-14-25(26)27(29-20)21-16-18-24(19-17-21)30(22-10-4-2-5-11-22)23-12-6-3-7-13-23/h2-19H,1H3. The number of para-hydroxylation sites is 3. The first kappa shape index (κ1) is 18.1. The lowest BCUT2D eigenvalue weighted by molar-refractivity contribution is 1.10. The van der Waals surface area contributed by atoms with Gasteiger partial charge in [0.15, 0.2) is 0 Å². The molecule has 0 aliphatic heterocycles. The van der Waals surface area contributed by atoms with Crippen LogP contribution in [0.4, 0.5) is 17.1 Å². The van der Waals surface area contributed by atoms with E-state index in [0.717, 1.165) is 45.0 Å². The monoisotopic (exact) mass is 387 g/mol. The maximum atomic E-state index is 4.74. The molecular formula is C27H21N3. The van der Waals surface area contributed by atoms with Crippen LogP contribution in [-0.2, 0) is 0 Å². The average molecular weight is 387 g/mol. The molecule has 4 aromatic carbocycles. The Hall–Kier alpha value is -3.98. The van der Waals surface area contributed by atoms with Gasteiger partial charge in [0.25, 0.3) is 0 Å². The Morgan fingerprint density at radius 1 is 0.533 bits per heavy atom. The lowest BCUT2D eigenvalue weighted by Crippen LogP contribution is -2.09. The Kier molecular flexibility index (Phi) is 4.70. The zero-order valence-electron chi connectivity index (χ0n) is 16.7. The molecule has 0 unspecified atom stereocenters. The summed E-state index contributed by atoms with van der Waals surface area (Å²) in [6, 6.07) is 37.6. The van der Waals surface area contributed by atoms with Gasteiger partial charge in [0.2, 0.25) is 0 Å². The first-order chi connectivity index (χ1) is 14.8. The average Bonchev–Trinajstić information content (AvgIpc) is 2.81. The van der Waals surface area contributed by atoms with Gasteiger partial charge < -0.3 is 4.90 Å². The van der Waals surface area contributed by atoms with Crippen molar-refractivity contribution in [3.05, 3.63) is 115 Å². The third-order valence-electron chi connectivity index (χ3n) is 5.14. The summed E-state index contributed by atoms with van der Waals surface area (Å²) in [6.07, 6.45) is 0. The van der Waals surface area contributed by atoms with E-state index in [4.69, 9.17) is 4.98 Å². The van der Waals surface area contributed by atoms with E-state index in [9.17, 15) is 0 Å². The second kappa shape index (κ2) is 7.80. The van der Waals surface area contributed by atoms with Gasteiger partial charge in [-0.2, -0.15) is 0 Å². The van der Waals surface area contributed by atoms with Gasteiger partial charge in [-0.3, -0.25) is 0 Å². The molecule has 3 nitrogen and oxygen atoms in total. The Morgan fingerprint density at radius 3 is 1.70 bits per heavy atom. The highest BCUT2D eigenvalue weighted by atomic mass is 15.1. The third-order valence-corrected chi connectivity index (χ3v) is 5.14. The summed E-state index contributed by atoms with van der Waals surface area (Å²) in [5, 5.41) is 1.07. The number of aryl methyl sites for hydroxylation is 1. The molecule has 0 radical (unpaired) electrons. The van der Waals surface area contributed by atoms with Crippen molar-refractivity contribution in [2.75, 3.05) is 4.90 Å². The van der Waals surface area contributed by atoms with E-state index in [2.05, 4.69) is 88.7 Å². The van der Waals surface area contributed by atoms with Gasteiger partial charge in [-0.05, 0) is 49.4 Å². The summed E-state index contributed by atoms with van der Waals surface area (Å²) >= 11 is 0. The maximum absolute atomic E-state index is 4.74. The van der Waals surface area contributed by atoms with Gasteiger partial charge in [-0.25, -0.2) is 9.97 Å². The minimum atomic E-state index is 0.781. The fraction of sp³-hybridized carbons (Fsp3) is 0.0370. The van der Waals surface area contributed by atoms with E-state index in [0.29, 0.717) is 0 Å². The molecule has 5 aromatic rings. The number of benzene rings is 4. The number of aromatic nitrogens is 2. The topological polar surface area (TPSA) is 29.0 Å². The summed E-state index contributed by atoms with van der Waals surface area (Å²) in [4.78, 5) is 11.6. The number of nitrogens with zero attached hydrogens (tertiary/aromatic N) is 3. The molecule has 3 heteroatoms. The molecular weight excluding hydrogens is 366 g/mol. The van der Waals surface area contributed by atoms with Crippen molar-refractivity contribution in [2.45, 2.75) is 6.92 Å². The Labute approximate surface area is 176 Å². The van der Waals surface area contributed by atoms with Crippen molar-refractivity contribution in [1.82, 2.24) is 9.97 Å². The van der Waals surface area contributed by atoms with Crippen molar-refractivity contribution < 1.29 is 0 Å². The minimum absolute atomic E-state index is 0.781. The van der Waals surface area contributed by atoms with Crippen LogP contribution in [0.25, 0.3) is 22.2 Å². The van der Waals surface area contributed by atoms with E-state index < -0.39 is 0 Å². The number of hydrogen-bond donors (Lipinski definition) is 0. The highest BCUT2D eigenvalue weighted by molar-refractivity contribution is 5.92. The molecule has 0 spiro atoms. The maximum Gasteiger partial charge on any atom is 0.126 e. The van der Waals surface area contributed by atoms with Crippen molar-refractivity contribution in [3.63, 3.8) is 0 Å². The van der Waals surface area contributed by atoms with Gasteiger partial charge in [0.1, 0.15) is 5.82 Å². The van der Waals surface area contributed by atoms with Crippen molar-refractivity contribution in [3.8, 4) is 11.3 Å². The van der Waals surface area contributed by atoms with Gasteiger partial charge >= 0.3 is 0 Å². The molecule has 0 aliphatic carbocycles. The van der Waals surface area contributed by atoms with Gasteiger partial charge in [-0.15, -0.1) is 0 Å². The molecule has 0 saturated carbocycles. The highest BCUT2D eigenvalue weighted by Gasteiger charge is 2.13. The van der Waals surface area contributed by atoms with Crippen LogP contribution in [0, 0.1) is 6.92 Å². The van der Waals surface area contributed by atoms with Gasteiger partial charge in [0, 0.05) is 28.0 Å². The number of anilines is 3. The van der Waals surface area contributed by atoms with Crippen molar-refractivity contribution >= 4 is 28.0 Å². The zero-order valence-corrected chi connectivity index (χ0v) is 16.7. The predicted octanol–water partition coefficient (Wildman–Crippen LogP) is 7.08. The lowest BCUT2D eigenvalue weighted by Gasteiger charge is -2.25. The van der Waals surface area contributed by atoms with Crippen LogP contribution >= 0.6 is 0 Å². The minimum Gasteiger partial charge on any atom is -0.311 e. The highest BCUT2D eigenvalue weighted by Crippen LogP contribution is 2.35. The van der Waals surface area contributed by atoms with Crippen molar-refractivity contribution in [1.29, 1.82) is 0 Å². The third kappa shape index (κ3) is 3.42. The van der Waals surface area contributed by atoms with Crippen LogP contribution < -0.4 is 4.90 Å². The molecule has 0 fully saturated rings. The smallest absolute Gasteiger partial charge is 0.126 e. The van der Waals surface area contributed by atoms with Gasteiger partial charge in [-0.1, -0.05) is 66.7 Å². The summed E-state index contributed by atoms with van der Waals surface area (Å²) in [5.74, 6) is 0.781. The quantitative estimate of drug-likeness (QED) is 0.330. The summed E-state index contributed by atoms with van der Waals surface area (Å²) in [5.41, 5.74) is 6.38. The molecule has 5 rings (SSSR count). The van der Waals surface area contributed by atoms with Crippen molar-refractivity contribution in [2.24, 2.45) is 0 Å².